The third kappa shape index (κ3) is 4.63. The lowest BCUT2D eigenvalue weighted by atomic mass is 9.86. The van der Waals surface area contributed by atoms with Crippen molar-refractivity contribution in [1.29, 1.82) is 0 Å². The Labute approximate surface area is 140 Å². The maximum Gasteiger partial charge on any atom is 0.332 e. The third-order valence-corrected chi connectivity index (χ3v) is 4.28. The first kappa shape index (κ1) is 17.2. The molecule has 0 atom stereocenters. The second-order valence-corrected chi connectivity index (χ2v) is 7.24. The molecule has 0 bridgehead atoms. The van der Waals surface area contributed by atoms with Crippen molar-refractivity contribution >= 4 is 29.2 Å². The molecule has 0 amide bonds. The summed E-state index contributed by atoms with van der Waals surface area (Å²) in [7, 11) is 0. The molecular weight excluding hydrogens is 308 g/mol. The fourth-order valence-electron chi connectivity index (χ4n) is 2.18. The van der Waals surface area contributed by atoms with Crippen LogP contribution < -0.4 is 0 Å². The van der Waals surface area contributed by atoms with Gasteiger partial charge in [-0.15, -0.1) is 0 Å². The molecule has 3 nitrogen and oxygen atoms in total. The van der Waals surface area contributed by atoms with Crippen molar-refractivity contribution in [2.75, 3.05) is 0 Å². The molecule has 0 saturated heterocycles. The molecule has 23 heavy (non-hydrogen) atoms. The van der Waals surface area contributed by atoms with Crippen LogP contribution in [0.15, 0.2) is 46.7 Å². The molecule has 0 saturated carbocycles. The summed E-state index contributed by atoms with van der Waals surface area (Å²) in [6.45, 7) is 6.32. The maximum atomic E-state index is 12.3. The van der Waals surface area contributed by atoms with Crippen LogP contribution >= 0.6 is 11.3 Å². The molecule has 0 fully saturated rings. The third-order valence-electron chi connectivity index (χ3n) is 3.58. The Morgan fingerprint density at radius 2 is 1.78 bits per heavy atom. The van der Waals surface area contributed by atoms with Gasteiger partial charge < -0.3 is 5.11 Å². The molecule has 0 aliphatic heterocycles. The number of benzene rings is 1. The Kier molecular flexibility index (Phi) is 5.16. The molecule has 0 spiro atoms. The Bertz CT molecular complexity index is 717. The number of carbonyl (C=O) groups excluding carboxylic acids is 1. The van der Waals surface area contributed by atoms with E-state index in [9.17, 15) is 14.7 Å². The molecule has 1 heterocycles. The number of rotatable bonds is 5. The van der Waals surface area contributed by atoms with Gasteiger partial charge in [0.05, 0.1) is 0 Å². The summed E-state index contributed by atoms with van der Waals surface area (Å²) in [5.41, 5.74) is 2.61. The molecule has 2 aromatic rings. The van der Waals surface area contributed by atoms with Gasteiger partial charge in [0, 0.05) is 17.6 Å². The highest BCUT2D eigenvalue weighted by molar-refractivity contribution is 7.08. The van der Waals surface area contributed by atoms with Crippen LogP contribution in [-0.4, -0.2) is 16.9 Å². The minimum Gasteiger partial charge on any atom is -0.478 e. The highest BCUT2D eigenvalue weighted by atomic mass is 32.1. The Hall–Kier alpha value is -2.20. The van der Waals surface area contributed by atoms with E-state index in [1.807, 2.05) is 29.0 Å². The Morgan fingerprint density at radius 1 is 1.13 bits per heavy atom. The van der Waals surface area contributed by atoms with Crippen LogP contribution in [-0.2, 0) is 10.2 Å². The zero-order chi connectivity index (χ0) is 17.0. The summed E-state index contributed by atoms with van der Waals surface area (Å²) < 4.78 is 0. The first-order valence-corrected chi connectivity index (χ1v) is 8.31. The summed E-state index contributed by atoms with van der Waals surface area (Å²) in [5.74, 6) is -1.25. The Morgan fingerprint density at radius 3 is 2.26 bits per heavy atom. The van der Waals surface area contributed by atoms with Gasteiger partial charge in [0.25, 0.3) is 0 Å². The minimum atomic E-state index is -1.06. The highest BCUT2D eigenvalue weighted by Gasteiger charge is 2.17. The van der Waals surface area contributed by atoms with E-state index < -0.39 is 5.97 Å². The van der Waals surface area contributed by atoms with Crippen molar-refractivity contribution in [2.24, 2.45) is 0 Å². The Balaban J connectivity index is 2.18. The van der Waals surface area contributed by atoms with Crippen LogP contribution in [0.5, 0.6) is 0 Å². The van der Waals surface area contributed by atoms with Crippen molar-refractivity contribution in [3.05, 3.63) is 63.4 Å². The first-order chi connectivity index (χ1) is 10.8. The monoisotopic (exact) mass is 328 g/mol. The molecule has 0 aliphatic carbocycles. The van der Waals surface area contributed by atoms with Crippen molar-refractivity contribution in [2.45, 2.75) is 32.6 Å². The smallest absolute Gasteiger partial charge is 0.332 e. The van der Waals surface area contributed by atoms with E-state index in [1.165, 1.54) is 11.3 Å². The molecule has 120 valence electrons. The van der Waals surface area contributed by atoms with Crippen LogP contribution in [0.3, 0.4) is 0 Å². The molecule has 0 radical (unpaired) electrons. The largest absolute Gasteiger partial charge is 0.478 e. The van der Waals surface area contributed by atoms with Crippen molar-refractivity contribution in [3.63, 3.8) is 0 Å². The lowest BCUT2D eigenvalue weighted by Crippen LogP contribution is -2.12. The van der Waals surface area contributed by atoms with Gasteiger partial charge in [-0.25, -0.2) is 4.79 Å². The van der Waals surface area contributed by atoms with E-state index in [-0.39, 0.29) is 23.2 Å². The number of hydrogen-bond acceptors (Lipinski definition) is 3. The number of ketones is 1. The molecule has 4 heteroatoms. The van der Waals surface area contributed by atoms with E-state index in [0.29, 0.717) is 5.56 Å². The fraction of sp³-hybridized carbons (Fsp3) is 0.263. The minimum absolute atomic E-state index is 0.0205. The fourth-order valence-corrected chi connectivity index (χ4v) is 2.80. The predicted octanol–water partition coefficient (Wildman–Crippen LogP) is 4.79. The van der Waals surface area contributed by atoms with Crippen molar-refractivity contribution in [1.82, 2.24) is 0 Å². The van der Waals surface area contributed by atoms with Gasteiger partial charge in [0.1, 0.15) is 0 Å². The van der Waals surface area contributed by atoms with E-state index in [4.69, 9.17) is 0 Å². The topological polar surface area (TPSA) is 54.4 Å². The standard InChI is InChI=1S/C19H20O3S/c1-19(2,3)16-6-4-14(5-7-16)17(20)11-15(18(21)22)10-13-8-9-23-12-13/h4-10,12H,11H2,1-3H3,(H,21,22). The molecule has 0 aliphatic rings. The molecule has 1 aromatic carbocycles. The van der Waals surface area contributed by atoms with Crippen LogP contribution in [0.4, 0.5) is 0 Å². The van der Waals surface area contributed by atoms with Crippen LogP contribution in [0.2, 0.25) is 0 Å². The summed E-state index contributed by atoms with van der Waals surface area (Å²) >= 11 is 1.49. The average Bonchev–Trinajstić information content (AvgIpc) is 2.98. The molecule has 2 rings (SSSR count). The van der Waals surface area contributed by atoms with Gasteiger partial charge in [0.2, 0.25) is 0 Å². The van der Waals surface area contributed by atoms with Gasteiger partial charge in [0.15, 0.2) is 5.78 Å². The van der Waals surface area contributed by atoms with Crippen LogP contribution in [0, 0.1) is 0 Å². The lowest BCUT2D eigenvalue weighted by Gasteiger charge is -2.19. The lowest BCUT2D eigenvalue weighted by molar-refractivity contribution is -0.132. The summed E-state index contributed by atoms with van der Waals surface area (Å²) in [4.78, 5) is 23.7. The van der Waals surface area contributed by atoms with Gasteiger partial charge >= 0.3 is 5.97 Å². The second kappa shape index (κ2) is 6.92. The number of thiophene rings is 1. The summed E-state index contributed by atoms with van der Waals surface area (Å²) in [6.07, 6.45) is 1.44. The van der Waals surface area contributed by atoms with Crippen LogP contribution in [0.1, 0.15) is 48.7 Å². The second-order valence-electron chi connectivity index (χ2n) is 6.46. The molecule has 0 unspecified atom stereocenters. The first-order valence-electron chi connectivity index (χ1n) is 7.37. The number of hydrogen-bond donors (Lipinski definition) is 1. The average molecular weight is 328 g/mol. The zero-order valence-electron chi connectivity index (χ0n) is 13.5. The summed E-state index contributed by atoms with van der Waals surface area (Å²) in [6, 6.07) is 9.22. The van der Waals surface area contributed by atoms with Gasteiger partial charge in [-0.2, -0.15) is 11.3 Å². The van der Waals surface area contributed by atoms with E-state index in [1.54, 1.807) is 18.2 Å². The number of carbonyl (C=O) groups is 2. The molecule has 1 aromatic heterocycles. The quantitative estimate of drug-likeness (QED) is 0.634. The predicted molar refractivity (Wildman–Crippen MR) is 94.0 cm³/mol. The number of carboxylic acid groups (broad SMARTS) is 1. The summed E-state index contributed by atoms with van der Waals surface area (Å²) in [5, 5.41) is 13.0. The highest BCUT2D eigenvalue weighted by Crippen LogP contribution is 2.23. The van der Waals surface area contributed by atoms with E-state index >= 15 is 0 Å². The molecule has 1 N–H and O–H groups in total. The normalized spacial score (nSPS) is 12.2. The van der Waals surface area contributed by atoms with E-state index in [0.717, 1.165) is 11.1 Å². The van der Waals surface area contributed by atoms with E-state index in [2.05, 4.69) is 20.8 Å². The van der Waals surface area contributed by atoms with Crippen LogP contribution in [0.25, 0.3) is 6.08 Å². The number of Topliss-reactive ketones (excluding diaryl/α,β-unsaturated/α-hetero) is 1. The maximum absolute atomic E-state index is 12.3. The zero-order valence-corrected chi connectivity index (χ0v) is 14.3. The van der Waals surface area contributed by atoms with Gasteiger partial charge in [-0.1, -0.05) is 45.0 Å². The van der Waals surface area contributed by atoms with Gasteiger partial charge in [-0.05, 0) is 39.4 Å². The molecular formula is C19H20O3S. The number of aliphatic carboxylic acids is 1. The SMILES string of the molecule is CC(C)(C)c1ccc(C(=O)CC(=Cc2ccsc2)C(=O)O)cc1. The number of carboxylic acids is 1. The van der Waals surface area contributed by atoms with Crippen molar-refractivity contribution < 1.29 is 14.7 Å². The van der Waals surface area contributed by atoms with Crippen molar-refractivity contribution in [3.8, 4) is 0 Å². The van der Waals surface area contributed by atoms with Gasteiger partial charge in [-0.3, -0.25) is 4.79 Å².